The molecule has 3 rings (SSSR count). The largest absolute Gasteiger partial charge is 0.478 e. The Balaban J connectivity index is 1.75. The van der Waals surface area contributed by atoms with Gasteiger partial charge in [-0.1, -0.05) is 0 Å². The number of aliphatic carboxylic acids is 1. The van der Waals surface area contributed by atoms with Gasteiger partial charge in [0.15, 0.2) is 0 Å². The Morgan fingerprint density at radius 2 is 1.92 bits per heavy atom. The molecule has 2 aromatic heterocycles. The number of aromatic nitrogens is 3. The summed E-state index contributed by atoms with van der Waals surface area (Å²) in [6.07, 6.45) is 13.4. The maximum atomic E-state index is 10.6. The number of rotatable bonds is 5. The van der Waals surface area contributed by atoms with Crippen molar-refractivity contribution in [3.8, 4) is 11.3 Å². The number of anilines is 1. The quantitative estimate of drug-likeness (QED) is 0.716. The number of pyridine rings is 1. The molecule has 0 bridgehead atoms. The van der Waals surface area contributed by atoms with Gasteiger partial charge in [0.05, 0.1) is 18.1 Å². The number of hydrogen-bond donors (Lipinski definition) is 3. The van der Waals surface area contributed by atoms with E-state index in [0.29, 0.717) is 23.3 Å². The standard InChI is InChI=1S/C18H21N5O2/c19-14-2-4-15(5-3-14)22-17-11-21-10-16(23-17)13-7-12(8-20-9-13)1-6-18(24)25/h1,6-11,14-15H,2-5,19H2,(H,22,23)(H,24,25)/b6-1+. The molecule has 2 heterocycles. The summed E-state index contributed by atoms with van der Waals surface area (Å²) >= 11 is 0. The number of hydrogen-bond acceptors (Lipinski definition) is 6. The molecular weight excluding hydrogens is 318 g/mol. The van der Waals surface area contributed by atoms with Crippen LogP contribution >= 0.6 is 0 Å². The van der Waals surface area contributed by atoms with Gasteiger partial charge in [0.1, 0.15) is 5.82 Å². The van der Waals surface area contributed by atoms with Crippen molar-refractivity contribution < 1.29 is 9.90 Å². The summed E-state index contributed by atoms with van der Waals surface area (Å²) in [5, 5.41) is 12.1. The molecule has 7 nitrogen and oxygen atoms in total. The third-order valence-corrected chi connectivity index (χ3v) is 4.23. The first kappa shape index (κ1) is 17.0. The van der Waals surface area contributed by atoms with Crippen LogP contribution in [0, 0.1) is 0 Å². The fourth-order valence-electron chi connectivity index (χ4n) is 2.90. The number of carboxylic acid groups (broad SMARTS) is 1. The molecule has 4 N–H and O–H groups in total. The van der Waals surface area contributed by atoms with Crippen LogP contribution in [0.3, 0.4) is 0 Å². The minimum absolute atomic E-state index is 0.308. The van der Waals surface area contributed by atoms with E-state index in [4.69, 9.17) is 10.8 Å². The van der Waals surface area contributed by atoms with Crippen molar-refractivity contribution in [2.24, 2.45) is 5.73 Å². The third-order valence-electron chi connectivity index (χ3n) is 4.23. The lowest BCUT2D eigenvalue weighted by molar-refractivity contribution is -0.131. The van der Waals surface area contributed by atoms with Crippen molar-refractivity contribution in [3.05, 3.63) is 42.5 Å². The lowest BCUT2D eigenvalue weighted by Gasteiger charge is -2.27. The summed E-state index contributed by atoms with van der Waals surface area (Å²) in [6, 6.07) is 2.51. The lowest BCUT2D eigenvalue weighted by atomic mass is 9.92. The average Bonchev–Trinajstić information content (AvgIpc) is 2.62. The molecule has 7 heteroatoms. The van der Waals surface area contributed by atoms with E-state index < -0.39 is 5.97 Å². The first-order chi connectivity index (χ1) is 12.1. The highest BCUT2D eigenvalue weighted by Crippen LogP contribution is 2.22. The number of nitrogens with one attached hydrogen (secondary N) is 1. The molecular formula is C18H21N5O2. The summed E-state index contributed by atoms with van der Waals surface area (Å²) in [4.78, 5) is 23.6. The zero-order chi connectivity index (χ0) is 17.6. The zero-order valence-corrected chi connectivity index (χ0v) is 13.8. The molecule has 25 heavy (non-hydrogen) atoms. The summed E-state index contributed by atoms with van der Waals surface area (Å²) in [7, 11) is 0. The van der Waals surface area contributed by atoms with Crippen molar-refractivity contribution in [2.75, 3.05) is 5.32 Å². The molecule has 1 aliphatic carbocycles. The molecule has 0 atom stereocenters. The van der Waals surface area contributed by atoms with Gasteiger partial charge in [-0.15, -0.1) is 0 Å². The van der Waals surface area contributed by atoms with Crippen molar-refractivity contribution in [1.29, 1.82) is 0 Å². The first-order valence-electron chi connectivity index (χ1n) is 8.31. The van der Waals surface area contributed by atoms with Crippen LogP contribution in [0.1, 0.15) is 31.2 Å². The average molecular weight is 339 g/mol. The van der Waals surface area contributed by atoms with Crippen LogP contribution < -0.4 is 11.1 Å². The number of carboxylic acids is 1. The van der Waals surface area contributed by atoms with Gasteiger partial charge in [-0.3, -0.25) is 9.97 Å². The van der Waals surface area contributed by atoms with E-state index in [1.54, 1.807) is 24.8 Å². The van der Waals surface area contributed by atoms with E-state index in [2.05, 4.69) is 20.3 Å². The molecule has 0 radical (unpaired) electrons. The smallest absolute Gasteiger partial charge is 0.328 e. The van der Waals surface area contributed by atoms with Crippen LogP contribution in [0.25, 0.3) is 17.3 Å². The van der Waals surface area contributed by atoms with E-state index in [0.717, 1.165) is 43.1 Å². The lowest BCUT2D eigenvalue weighted by Crippen LogP contribution is -2.33. The summed E-state index contributed by atoms with van der Waals surface area (Å²) < 4.78 is 0. The second kappa shape index (κ2) is 7.85. The highest BCUT2D eigenvalue weighted by Gasteiger charge is 2.18. The van der Waals surface area contributed by atoms with Crippen LogP contribution in [0.15, 0.2) is 36.9 Å². The van der Waals surface area contributed by atoms with Gasteiger partial charge in [0.2, 0.25) is 0 Å². The van der Waals surface area contributed by atoms with Gasteiger partial charge < -0.3 is 16.2 Å². The minimum atomic E-state index is -0.997. The summed E-state index contributed by atoms with van der Waals surface area (Å²) in [5.41, 5.74) is 8.12. The van der Waals surface area contributed by atoms with Crippen LogP contribution in [-0.4, -0.2) is 38.1 Å². The molecule has 1 aliphatic rings. The molecule has 2 aromatic rings. The van der Waals surface area contributed by atoms with Crippen molar-refractivity contribution in [3.63, 3.8) is 0 Å². The molecule has 0 amide bonds. The molecule has 130 valence electrons. The van der Waals surface area contributed by atoms with Crippen LogP contribution in [0.4, 0.5) is 5.82 Å². The van der Waals surface area contributed by atoms with E-state index >= 15 is 0 Å². The van der Waals surface area contributed by atoms with Gasteiger partial charge in [-0.2, -0.15) is 0 Å². The normalized spacial score (nSPS) is 20.5. The fourth-order valence-corrected chi connectivity index (χ4v) is 2.90. The van der Waals surface area contributed by atoms with Gasteiger partial charge >= 0.3 is 5.97 Å². The fraction of sp³-hybridized carbons (Fsp3) is 0.333. The van der Waals surface area contributed by atoms with Gasteiger partial charge in [0.25, 0.3) is 0 Å². The Hall–Kier alpha value is -2.80. The Bertz CT molecular complexity index is 770. The molecule has 1 saturated carbocycles. The molecule has 0 saturated heterocycles. The van der Waals surface area contributed by atoms with E-state index in [9.17, 15) is 4.79 Å². The Labute approximate surface area is 146 Å². The Kier molecular flexibility index (Phi) is 5.35. The highest BCUT2D eigenvalue weighted by molar-refractivity contribution is 5.85. The van der Waals surface area contributed by atoms with E-state index in [-0.39, 0.29) is 0 Å². The number of nitrogens with two attached hydrogens (primary N) is 1. The Morgan fingerprint density at radius 1 is 1.16 bits per heavy atom. The maximum Gasteiger partial charge on any atom is 0.328 e. The number of nitrogens with zero attached hydrogens (tertiary/aromatic N) is 3. The van der Waals surface area contributed by atoms with Crippen LogP contribution in [0.2, 0.25) is 0 Å². The third kappa shape index (κ3) is 4.84. The van der Waals surface area contributed by atoms with Crippen LogP contribution in [-0.2, 0) is 4.79 Å². The second-order valence-corrected chi connectivity index (χ2v) is 6.22. The molecule has 0 spiro atoms. The summed E-state index contributed by atoms with van der Waals surface area (Å²) in [6.45, 7) is 0. The van der Waals surface area contributed by atoms with Crippen molar-refractivity contribution >= 4 is 17.9 Å². The molecule has 0 aromatic carbocycles. The maximum absolute atomic E-state index is 10.6. The Morgan fingerprint density at radius 3 is 2.68 bits per heavy atom. The van der Waals surface area contributed by atoms with Gasteiger partial charge in [-0.05, 0) is 43.4 Å². The number of carbonyl (C=O) groups is 1. The highest BCUT2D eigenvalue weighted by atomic mass is 16.4. The molecule has 0 aliphatic heterocycles. The topological polar surface area (TPSA) is 114 Å². The van der Waals surface area contributed by atoms with Crippen LogP contribution in [0.5, 0.6) is 0 Å². The molecule has 1 fully saturated rings. The zero-order valence-electron chi connectivity index (χ0n) is 13.8. The van der Waals surface area contributed by atoms with E-state index in [1.807, 2.05) is 6.07 Å². The van der Waals surface area contributed by atoms with Gasteiger partial charge in [-0.25, -0.2) is 9.78 Å². The summed E-state index contributed by atoms with van der Waals surface area (Å²) in [5.74, 6) is -0.270. The monoisotopic (exact) mass is 339 g/mol. The van der Waals surface area contributed by atoms with E-state index in [1.165, 1.54) is 6.08 Å². The predicted molar refractivity (Wildman–Crippen MR) is 95.8 cm³/mol. The van der Waals surface area contributed by atoms with Crippen molar-refractivity contribution in [2.45, 2.75) is 37.8 Å². The second-order valence-electron chi connectivity index (χ2n) is 6.22. The first-order valence-corrected chi connectivity index (χ1v) is 8.31. The van der Waals surface area contributed by atoms with Crippen molar-refractivity contribution in [1.82, 2.24) is 15.0 Å². The minimum Gasteiger partial charge on any atom is -0.478 e. The van der Waals surface area contributed by atoms with Gasteiger partial charge in [0, 0.05) is 36.1 Å². The SMILES string of the molecule is NC1CCC(Nc2cncc(-c3cncc(/C=C/C(=O)O)c3)n2)CC1. The predicted octanol–water partition coefficient (Wildman–Crippen LogP) is 2.32. The molecule has 0 unspecified atom stereocenters.